The van der Waals surface area contributed by atoms with Gasteiger partial charge in [-0.25, -0.2) is 13.2 Å². The average Bonchev–Trinajstić information content (AvgIpc) is 2.31. The van der Waals surface area contributed by atoms with Crippen molar-refractivity contribution in [3.05, 3.63) is 35.1 Å². The highest BCUT2D eigenvalue weighted by Crippen LogP contribution is 2.25. The lowest BCUT2D eigenvalue weighted by atomic mass is 9.88. The zero-order valence-electron chi connectivity index (χ0n) is 9.73. The van der Waals surface area contributed by atoms with Gasteiger partial charge in [0, 0.05) is 12.0 Å². The fourth-order valence-electron chi connectivity index (χ4n) is 1.64. The first-order valence-corrected chi connectivity index (χ1v) is 5.42. The molecule has 3 nitrogen and oxygen atoms in total. The zero-order valence-corrected chi connectivity index (χ0v) is 9.73. The van der Waals surface area contributed by atoms with E-state index in [1.54, 1.807) is 0 Å². The van der Waals surface area contributed by atoms with Crippen LogP contribution in [-0.4, -0.2) is 25.7 Å². The molecule has 0 unspecified atom stereocenters. The van der Waals surface area contributed by atoms with Crippen molar-refractivity contribution in [2.75, 3.05) is 19.8 Å². The lowest BCUT2D eigenvalue weighted by molar-refractivity contribution is -0.0978. The van der Waals surface area contributed by atoms with Gasteiger partial charge in [-0.2, -0.15) is 0 Å². The minimum Gasteiger partial charge on any atom is -0.380 e. The largest absolute Gasteiger partial charge is 0.380 e. The van der Waals surface area contributed by atoms with Gasteiger partial charge in [0.1, 0.15) is 0 Å². The predicted molar refractivity (Wildman–Crippen MR) is 57.6 cm³/mol. The lowest BCUT2D eigenvalue weighted by Crippen LogP contribution is -2.48. The molecule has 98 valence electrons. The van der Waals surface area contributed by atoms with Crippen LogP contribution in [0.3, 0.4) is 0 Å². The van der Waals surface area contributed by atoms with E-state index in [9.17, 15) is 18.0 Å². The monoisotopic (exact) mass is 259 g/mol. The third kappa shape index (κ3) is 2.33. The second kappa shape index (κ2) is 4.61. The Morgan fingerprint density at radius 3 is 2.56 bits per heavy atom. The first kappa shape index (κ1) is 12.9. The normalized spacial score (nSPS) is 17.1. The maximum Gasteiger partial charge on any atom is 0.254 e. The summed E-state index contributed by atoms with van der Waals surface area (Å²) in [5.41, 5.74) is -0.678. The van der Waals surface area contributed by atoms with Crippen LogP contribution in [0.2, 0.25) is 0 Å². The molecule has 0 aliphatic carbocycles. The van der Waals surface area contributed by atoms with Crippen LogP contribution in [0, 0.1) is 22.9 Å². The van der Waals surface area contributed by atoms with Gasteiger partial charge < -0.3 is 10.1 Å². The zero-order chi connectivity index (χ0) is 13.3. The second-order valence-corrected chi connectivity index (χ2v) is 4.71. The molecule has 1 heterocycles. The first-order valence-electron chi connectivity index (χ1n) is 5.42. The van der Waals surface area contributed by atoms with E-state index in [1.165, 1.54) is 0 Å². The Morgan fingerprint density at radius 1 is 1.33 bits per heavy atom. The summed E-state index contributed by atoms with van der Waals surface area (Å²) < 4.78 is 44.0. The summed E-state index contributed by atoms with van der Waals surface area (Å²) in [6.07, 6.45) is 0. The van der Waals surface area contributed by atoms with Crippen molar-refractivity contribution in [1.29, 1.82) is 0 Å². The van der Waals surface area contributed by atoms with E-state index in [-0.39, 0.29) is 5.41 Å². The third-order valence-corrected chi connectivity index (χ3v) is 2.86. The van der Waals surface area contributed by atoms with E-state index < -0.39 is 28.9 Å². The number of rotatable bonds is 3. The van der Waals surface area contributed by atoms with Crippen LogP contribution in [-0.2, 0) is 4.74 Å². The third-order valence-electron chi connectivity index (χ3n) is 2.86. The highest BCUT2D eigenvalue weighted by molar-refractivity contribution is 5.94. The van der Waals surface area contributed by atoms with Crippen molar-refractivity contribution in [3.63, 3.8) is 0 Å². The van der Waals surface area contributed by atoms with E-state index in [2.05, 4.69) is 5.32 Å². The Hall–Kier alpha value is -1.56. The van der Waals surface area contributed by atoms with Gasteiger partial charge in [-0.3, -0.25) is 4.79 Å². The van der Waals surface area contributed by atoms with E-state index >= 15 is 0 Å². The molecule has 6 heteroatoms. The van der Waals surface area contributed by atoms with Gasteiger partial charge in [0.05, 0.1) is 18.8 Å². The number of benzene rings is 1. The highest BCUT2D eigenvalue weighted by Gasteiger charge is 2.34. The molecule has 0 spiro atoms. The molecule has 1 fully saturated rings. The molecule has 1 N–H and O–H groups in total. The Morgan fingerprint density at radius 2 is 2.00 bits per heavy atom. The highest BCUT2D eigenvalue weighted by atomic mass is 19.2. The number of nitrogens with one attached hydrogen (secondary N) is 1. The van der Waals surface area contributed by atoms with Crippen LogP contribution in [0.4, 0.5) is 13.2 Å². The van der Waals surface area contributed by atoms with E-state index in [0.717, 1.165) is 12.1 Å². The smallest absolute Gasteiger partial charge is 0.254 e. The maximum atomic E-state index is 13.3. The molecule has 1 saturated heterocycles. The van der Waals surface area contributed by atoms with Crippen molar-refractivity contribution >= 4 is 5.91 Å². The average molecular weight is 259 g/mol. The molecular weight excluding hydrogens is 247 g/mol. The fourth-order valence-corrected chi connectivity index (χ4v) is 1.64. The number of hydrogen-bond acceptors (Lipinski definition) is 2. The van der Waals surface area contributed by atoms with Crippen LogP contribution < -0.4 is 5.32 Å². The van der Waals surface area contributed by atoms with Crippen molar-refractivity contribution in [3.8, 4) is 0 Å². The molecule has 1 aliphatic heterocycles. The SMILES string of the molecule is CC1(CNC(=O)c2ccc(F)c(F)c2F)COC1. The number of hydrogen-bond donors (Lipinski definition) is 1. The molecule has 0 radical (unpaired) electrons. The molecule has 1 aromatic rings. The summed E-state index contributed by atoms with van der Waals surface area (Å²) in [7, 11) is 0. The van der Waals surface area contributed by atoms with Crippen molar-refractivity contribution in [2.45, 2.75) is 6.92 Å². The summed E-state index contributed by atoms with van der Waals surface area (Å²) in [4.78, 5) is 11.6. The Kier molecular flexibility index (Phi) is 3.30. The minimum atomic E-state index is -1.64. The molecule has 1 aliphatic rings. The number of halogens is 3. The summed E-state index contributed by atoms with van der Waals surface area (Å²) in [5.74, 6) is -5.19. The van der Waals surface area contributed by atoms with E-state index in [4.69, 9.17) is 4.74 Å². The molecule has 1 aromatic carbocycles. The number of carbonyl (C=O) groups is 1. The van der Waals surface area contributed by atoms with Gasteiger partial charge in [-0.15, -0.1) is 0 Å². The minimum absolute atomic E-state index is 0.176. The summed E-state index contributed by atoms with van der Waals surface area (Å²) in [5, 5.41) is 2.48. The van der Waals surface area contributed by atoms with Crippen LogP contribution in [0.25, 0.3) is 0 Å². The van der Waals surface area contributed by atoms with Crippen molar-refractivity contribution in [2.24, 2.45) is 5.41 Å². The van der Waals surface area contributed by atoms with Crippen LogP contribution >= 0.6 is 0 Å². The fraction of sp³-hybridized carbons (Fsp3) is 0.417. The van der Waals surface area contributed by atoms with Crippen LogP contribution in [0.15, 0.2) is 12.1 Å². The van der Waals surface area contributed by atoms with Crippen molar-refractivity contribution < 1.29 is 22.7 Å². The van der Waals surface area contributed by atoms with Gasteiger partial charge in [-0.05, 0) is 12.1 Å². The molecule has 18 heavy (non-hydrogen) atoms. The van der Waals surface area contributed by atoms with E-state index in [1.807, 2.05) is 6.92 Å². The van der Waals surface area contributed by atoms with Gasteiger partial charge >= 0.3 is 0 Å². The summed E-state index contributed by atoms with van der Waals surface area (Å²) in [6, 6.07) is 1.64. The quantitative estimate of drug-likeness (QED) is 0.841. The van der Waals surface area contributed by atoms with Gasteiger partial charge in [0.25, 0.3) is 5.91 Å². The van der Waals surface area contributed by atoms with Gasteiger partial charge in [0.2, 0.25) is 0 Å². The first-order chi connectivity index (χ1) is 8.43. The number of carbonyl (C=O) groups excluding carboxylic acids is 1. The van der Waals surface area contributed by atoms with Gasteiger partial charge in [0.15, 0.2) is 17.5 Å². The van der Waals surface area contributed by atoms with Crippen LogP contribution in [0.5, 0.6) is 0 Å². The van der Waals surface area contributed by atoms with Crippen LogP contribution in [0.1, 0.15) is 17.3 Å². The van der Waals surface area contributed by atoms with Gasteiger partial charge in [-0.1, -0.05) is 6.92 Å². The number of amides is 1. The summed E-state index contributed by atoms with van der Waals surface area (Å²) in [6.45, 7) is 3.21. The molecule has 0 saturated carbocycles. The Balaban J connectivity index is 2.07. The molecule has 1 amide bonds. The molecule has 0 bridgehead atoms. The molecule has 0 atom stereocenters. The molecular formula is C12H12F3NO2. The maximum absolute atomic E-state index is 13.3. The van der Waals surface area contributed by atoms with Crippen molar-refractivity contribution in [1.82, 2.24) is 5.32 Å². The predicted octanol–water partition coefficient (Wildman–Crippen LogP) is 1.87. The standard InChI is InChI=1S/C12H12F3NO2/c1-12(5-18-6-12)4-16-11(17)7-2-3-8(13)10(15)9(7)14/h2-3H,4-6H2,1H3,(H,16,17). The summed E-state index contributed by atoms with van der Waals surface area (Å²) >= 11 is 0. The topological polar surface area (TPSA) is 38.3 Å². The Bertz CT molecular complexity index is 486. The molecule has 0 aromatic heterocycles. The number of ether oxygens (including phenoxy) is 1. The lowest BCUT2D eigenvalue weighted by Gasteiger charge is -2.38. The Labute approximate surface area is 102 Å². The second-order valence-electron chi connectivity index (χ2n) is 4.71. The molecule has 2 rings (SSSR count). The van der Waals surface area contributed by atoms with E-state index in [0.29, 0.717) is 19.8 Å².